The zero-order chi connectivity index (χ0) is 21.6. The Morgan fingerprint density at radius 1 is 1.28 bits per heavy atom. The number of amides is 2. The fourth-order valence-electron chi connectivity index (χ4n) is 4.98. The van der Waals surface area contributed by atoms with Gasteiger partial charge in [-0.05, 0) is 39.3 Å². The first-order valence-electron chi connectivity index (χ1n) is 10.4. The Hall–Kier alpha value is -2.25. The molecule has 1 aromatic heterocycles. The summed E-state index contributed by atoms with van der Waals surface area (Å²) in [7, 11) is 3.90. The number of para-hydroxylation sites is 2. The van der Waals surface area contributed by atoms with Gasteiger partial charge in [-0.3, -0.25) is 0 Å². The summed E-state index contributed by atoms with van der Waals surface area (Å²) in [6.45, 7) is 9.53. The predicted octanol–water partition coefficient (Wildman–Crippen LogP) is 3.52. The second-order valence-corrected chi connectivity index (χ2v) is 9.54. The number of benzene rings is 1. The molecule has 0 saturated carbocycles. The third-order valence-electron chi connectivity index (χ3n) is 6.70. The Balaban J connectivity index is 2.04. The van der Waals surface area contributed by atoms with Crippen LogP contribution in [0.25, 0.3) is 11.0 Å². The van der Waals surface area contributed by atoms with E-state index in [-0.39, 0.29) is 15.0 Å². The SMILES string of the molecule is CCCC(C(=O)O)[N+]1(C(C)(C)C)CC[N@@+](C)(Cc2nc3ccccc3n2C)C1=O. The van der Waals surface area contributed by atoms with Crippen LogP contribution in [0.1, 0.15) is 46.4 Å². The molecule has 0 bridgehead atoms. The molecule has 7 heteroatoms. The minimum Gasteiger partial charge on any atom is -0.477 e. The predicted molar refractivity (Wildman–Crippen MR) is 112 cm³/mol. The highest BCUT2D eigenvalue weighted by Crippen LogP contribution is 2.40. The number of hydrogen-bond acceptors (Lipinski definition) is 3. The summed E-state index contributed by atoms with van der Waals surface area (Å²) >= 11 is 0. The number of quaternary nitrogens is 2. The molecule has 0 radical (unpaired) electrons. The van der Waals surface area contributed by atoms with Crippen molar-refractivity contribution < 1.29 is 23.7 Å². The summed E-state index contributed by atoms with van der Waals surface area (Å²) in [5.74, 6) is -0.0374. The number of urea groups is 1. The molecule has 2 unspecified atom stereocenters. The smallest absolute Gasteiger partial charge is 0.477 e. The van der Waals surface area contributed by atoms with Crippen molar-refractivity contribution in [2.75, 3.05) is 20.1 Å². The van der Waals surface area contributed by atoms with E-state index in [2.05, 4.69) is 0 Å². The first-order valence-corrected chi connectivity index (χ1v) is 10.4. The number of carboxylic acids is 1. The normalized spacial score (nSPS) is 26.2. The monoisotopic (exact) mass is 402 g/mol. The molecule has 0 aliphatic carbocycles. The second-order valence-electron chi connectivity index (χ2n) is 9.54. The molecule has 7 nitrogen and oxygen atoms in total. The Morgan fingerprint density at radius 3 is 2.48 bits per heavy atom. The van der Waals surface area contributed by atoms with Crippen molar-refractivity contribution in [1.82, 2.24) is 9.55 Å². The van der Waals surface area contributed by atoms with Gasteiger partial charge < -0.3 is 9.67 Å². The summed E-state index contributed by atoms with van der Waals surface area (Å²) in [6.07, 6.45) is 1.22. The molecule has 158 valence electrons. The van der Waals surface area contributed by atoms with Crippen LogP contribution in [-0.2, 0) is 18.4 Å². The van der Waals surface area contributed by atoms with E-state index >= 15 is 0 Å². The van der Waals surface area contributed by atoms with Gasteiger partial charge in [0.2, 0.25) is 0 Å². The maximum atomic E-state index is 14.0. The number of hydrogen-bond donors (Lipinski definition) is 1. The number of aliphatic carboxylic acids is 1. The molecule has 1 fully saturated rings. The molecule has 1 N–H and O–H groups in total. The maximum absolute atomic E-state index is 14.0. The summed E-state index contributed by atoms with van der Waals surface area (Å²) < 4.78 is 2.19. The molecule has 29 heavy (non-hydrogen) atoms. The lowest BCUT2D eigenvalue weighted by Crippen LogP contribution is -2.70. The van der Waals surface area contributed by atoms with Crippen LogP contribution in [0.2, 0.25) is 0 Å². The van der Waals surface area contributed by atoms with Crippen LogP contribution in [-0.4, -0.2) is 67.3 Å². The minimum absolute atomic E-state index is 0.0172. The Morgan fingerprint density at radius 2 is 1.93 bits per heavy atom. The first-order chi connectivity index (χ1) is 13.5. The number of aromatic nitrogens is 2. The molecular weight excluding hydrogens is 368 g/mol. The lowest BCUT2D eigenvalue weighted by Gasteiger charge is -2.44. The first kappa shape index (κ1) is 21.5. The number of carbonyl (C=O) groups excluding carboxylic acids is 1. The van der Waals surface area contributed by atoms with E-state index in [0.717, 1.165) is 23.3 Å². The number of imidazole rings is 1. The quantitative estimate of drug-likeness (QED) is 0.751. The molecule has 3 atom stereocenters. The van der Waals surface area contributed by atoms with Gasteiger partial charge in [0.1, 0.15) is 25.2 Å². The Bertz CT molecular complexity index is 945. The van der Waals surface area contributed by atoms with Crippen LogP contribution in [0, 0.1) is 0 Å². The number of carboxylic acid groups (broad SMARTS) is 1. The van der Waals surface area contributed by atoms with Crippen LogP contribution < -0.4 is 0 Å². The van der Waals surface area contributed by atoms with Gasteiger partial charge in [0.05, 0.1) is 18.1 Å². The third-order valence-corrected chi connectivity index (χ3v) is 6.70. The number of aryl methyl sites for hydroxylation is 1. The molecule has 1 aromatic carbocycles. The van der Waals surface area contributed by atoms with Crippen LogP contribution >= 0.6 is 0 Å². The van der Waals surface area contributed by atoms with Gasteiger partial charge >= 0.3 is 12.0 Å². The van der Waals surface area contributed by atoms with Crippen molar-refractivity contribution in [1.29, 1.82) is 0 Å². The van der Waals surface area contributed by atoms with Crippen LogP contribution in [0.15, 0.2) is 24.3 Å². The van der Waals surface area contributed by atoms with Crippen molar-refractivity contribution in [3.63, 3.8) is 0 Å². The second kappa shape index (κ2) is 7.22. The van der Waals surface area contributed by atoms with E-state index in [4.69, 9.17) is 4.98 Å². The molecular formula is C22H34N4O3+2. The van der Waals surface area contributed by atoms with E-state index in [1.165, 1.54) is 0 Å². The average Bonchev–Trinajstić information content (AvgIpc) is 3.09. The third kappa shape index (κ3) is 3.26. The summed E-state index contributed by atoms with van der Waals surface area (Å²) in [4.78, 5) is 31.0. The van der Waals surface area contributed by atoms with Crippen LogP contribution in [0.4, 0.5) is 4.79 Å². The van der Waals surface area contributed by atoms with E-state index in [1.807, 2.05) is 70.6 Å². The van der Waals surface area contributed by atoms with Gasteiger partial charge in [-0.15, -0.1) is 0 Å². The van der Waals surface area contributed by atoms with Gasteiger partial charge in [0, 0.05) is 13.5 Å². The summed E-state index contributed by atoms with van der Waals surface area (Å²) in [5, 5.41) is 10.0. The van der Waals surface area contributed by atoms with Crippen LogP contribution in [0.3, 0.4) is 0 Å². The van der Waals surface area contributed by atoms with Crippen molar-refractivity contribution in [3.8, 4) is 0 Å². The molecule has 2 amide bonds. The van der Waals surface area contributed by atoms with E-state index < -0.39 is 17.6 Å². The largest absolute Gasteiger partial charge is 0.515 e. The van der Waals surface area contributed by atoms with Gasteiger partial charge in [-0.25, -0.2) is 9.78 Å². The van der Waals surface area contributed by atoms with Gasteiger partial charge in [-0.2, -0.15) is 13.8 Å². The highest BCUT2D eigenvalue weighted by atomic mass is 16.4. The van der Waals surface area contributed by atoms with E-state index in [1.54, 1.807) is 0 Å². The zero-order valence-electron chi connectivity index (χ0n) is 18.5. The standard InChI is InChI=1S/C22H33N4O3/c1-7-10-18(20(27)28)26(22(2,3)4)14-13-25(6,21(26)29)15-19-23-16-11-8-9-12-17(16)24(19)5/h8-9,11-12,18H,7,10,13-15H2,1-6H3/q+1/p+1/t18?,25-,26?/m0/s1. The van der Waals surface area contributed by atoms with Crippen molar-refractivity contribution in [2.45, 2.75) is 58.7 Å². The molecule has 1 saturated heterocycles. The number of likely N-dealkylation sites (N-methyl/N-ethyl adjacent to an activating group) is 1. The Kier molecular flexibility index (Phi) is 5.34. The van der Waals surface area contributed by atoms with Crippen LogP contribution in [0.5, 0.6) is 0 Å². The Labute approximate surface area is 172 Å². The topological polar surface area (TPSA) is 72.2 Å². The fraction of sp³-hybridized carbons (Fsp3) is 0.591. The van der Waals surface area contributed by atoms with Crippen molar-refractivity contribution in [2.24, 2.45) is 7.05 Å². The van der Waals surface area contributed by atoms with E-state index in [9.17, 15) is 14.7 Å². The number of nitrogens with zero attached hydrogens (tertiary/aromatic N) is 4. The highest BCUT2D eigenvalue weighted by molar-refractivity contribution is 5.77. The molecule has 2 heterocycles. The molecule has 0 spiro atoms. The van der Waals surface area contributed by atoms with Crippen molar-refractivity contribution >= 4 is 23.0 Å². The van der Waals surface area contributed by atoms with Gasteiger partial charge in [0.15, 0.2) is 11.9 Å². The van der Waals surface area contributed by atoms with E-state index in [0.29, 0.717) is 26.1 Å². The summed E-state index contributed by atoms with van der Waals surface area (Å²) in [5.41, 5.74) is 1.44. The zero-order valence-corrected chi connectivity index (χ0v) is 18.5. The molecule has 2 aromatic rings. The number of carbonyl (C=O) groups is 2. The average molecular weight is 403 g/mol. The summed E-state index contributed by atoms with van der Waals surface area (Å²) in [6, 6.07) is 7.18. The molecule has 1 aliphatic heterocycles. The molecule has 1 aliphatic rings. The minimum atomic E-state index is -0.883. The molecule has 3 rings (SSSR count). The fourth-order valence-corrected chi connectivity index (χ4v) is 4.98. The van der Waals surface area contributed by atoms with Gasteiger partial charge in [0.25, 0.3) is 0 Å². The number of fused-ring (bicyclic) bond motifs is 1. The van der Waals surface area contributed by atoms with Gasteiger partial charge in [-0.1, -0.05) is 19.1 Å². The van der Waals surface area contributed by atoms with Crippen molar-refractivity contribution in [3.05, 3.63) is 30.1 Å². The maximum Gasteiger partial charge on any atom is 0.515 e. The lowest BCUT2D eigenvalue weighted by molar-refractivity contribution is -0.947. The number of rotatable bonds is 6. The highest BCUT2D eigenvalue weighted by Gasteiger charge is 2.67. The lowest BCUT2D eigenvalue weighted by atomic mass is 9.95.